The molecule has 1 amide bonds. The van der Waals surface area contributed by atoms with Gasteiger partial charge in [0.05, 0.1) is 12.5 Å². The number of hydrogen-bond acceptors (Lipinski definition) is 3. The van der Waals surface area contributed by atoms with Crippen molar-refractivity contribution in [1.29, 1.82) is 5.26 Å². The summed E-state index contributed by atoms with van der Waals surface area (Å²) in [6.07, 6.45) is 1.06. The Kier molecular flexibility index (Phi) is 4.41. The molecule has 4 heteroatoms. The van der Waals surface area contributed by atoms with Gasteiger partial charge in [0.2, 0.25) is 5.91 Å². The highest BCUT2D eigenvalue weighted by Crippen LogP contribution is 2.10. The average Bonchev–Trinajstić information content (AvgIpc) is 2.13. The molecule has 1 N–H and O–H groups in total. The smallest absolute Gasteiger partial charge is 0.222 e. The molecular formula is C10H17N3O. The maximum absolute atomic E-state index is 11.7. The Morgan fingerprint density at radius 1 is 1.64 bits per heavy atom. The first kappa shape index (κ1) is 11.0. The summed E-state index contributed by atoms with van der Waals surface area (Å²) in [6, 6.07) is 2.06. The lowest BCUT2D eigenvalue weighted by Gasteiger charge is -2.29. The van der Waals surface area contributed by atoms with E-state index in [-0.39, 0.29) is 5.91 Å². The minimum atomic E-state index is 0.189. The van der Waals surface area contributed by atoms with Crippen molar-refractivity contribution in [1.82, 2.24) is 10.2 Å². The summed E-state index contributed by atoms with van der Waals surface area (Å²) >= 11 is 0. The summed E-state index contributed by atoms with van der Waals surface area (Å²) in [5.74, 6) is 0.702. The summed E-state index contributed by atoms with van der Waals surface area (Å²) < 4.78 is 0. The Labute approximate surface area is 84.9 Å². The first-order valence-electron chi connectivity index (χ1n) is 5.13. The summed E-state index contributed by atoms with van der Waals surface area (Å²) in [6.45, 7) is 5.16. The van der Waals surface area contributed by atoms with Gasteiger partial charge < -0.3 is 10.2 Å². The van der Waals surface area contributed by atoms with E-state index in [0.29, 0.717) is 31.8 Å². The molecule has 0 atom stereocenters. The number of rotatable bonds is 5. The quantitative estimate of drug-likeness (QED) is 0.689. The third-order valence-electron chi connectivity index (χ3n) is 2.56. The summed E-state index contributed by atoms with van der Waals surface area (Å²) in [5, 5.41) is 11.6. The first-order chi connectivity index (χ1) is 6.77. The minimum Gasteiger partial charge on any atom is -0.342 e. The molecule has 0 bridgehead atoms. The molecule has 1 aliphatic rings. The fraction of sp³-hybridized carbons (Fsp3) is 0.800. The Bertz CT molecular complexity index is 230. The molecule has 0 spiro atoms. The van der Waals surface area contributed by atoms with Crippen LogP contribution in [-0.4, -0.2) is 37.0 Å². The standard InChI is InChI=1S/C10H17N3O/c1-2-13(5-3-4-11)10(14)6-9-7-12-8-9/h9,12H,2-3,5-8H2,1H3. The minimum absolute atomic E-state index is 0.189. The van der Waals surface area contributed by atoms with E-state index in [1.807, 2.05) is 6.92 Å². The Morgan fingerprint density at radius 3 is 2.79 bits per heavy atom. The van der Waals surface area contributed by atoms with Gasteiger partial charge in [-0.1, -0.05) is 0 Å². The molecule has 0 aliphatic carbocycles. The molecule has 1 fully saturated rings. The van der Waals surface area contributed by atoms with Crippen molar-refractivity contribution >= 4 is 5.91 Å². The number of carbonyl (C=O) groups is 1. The zero-order chi connectivity index (χ0) is 10.4. The molecule has 1 rings (SSSR count). The summed E-state index contributed by atoms with van der Waals surface area (Å²) in [4.78, 5) is 13.4. The highest BCUT2D eigenvalue weighted by molar-refractivity contribution is 5.76. The van der Waals surface area contributed by atoms with Crippen LogP contribution in [0.25, 0.3) is 0 Å². The Morgan fingerprint density at radius 2 is 2.36 bits per heavy atom. The van der Waals surface area contributed by atoms with E-state index in [1.165, 1.54) is 0 Å². The van der Waals surface area contributed by atoms with Gasteiger partial charge in [0.25, 0.3) is 0 Å². The third-order valence-corrected chi connectivity index (χ3v) is 2.56. The Balaban J connectivity index is 2.27. The number of nitrogens with one attached hydrogen (secondary N) is 1. The molecule has 4 nitrogen and oxygen atoms in total. The van der Waals surface area contributed by atoms with E-state index in [9.17, 15) is 4.79 Å². The second-order valence-corrected chi connectivity index (χ2v) is 3.61. The van der Waals surface area contributed by atoms with Crippen molar-refractivity contribution in [3.8, 4) is 6.07 Å². The molecule has 0 radical (unpaired) electrons. The van der Waals surface area contributed by atoms with Crippen LogP contribution in [0, 0.1) is 17.2 Å². The van der Waals surface area contributed by atoms with E-state index in [1.54, 1.807) is 4.90 Å². The number of hydrogen-bond donors (Lipinski definition) is 1. The molecule has 78 valence electrons. The van der Waals surface area contributed by atoms with Crippen LogP contribution in [0.4, 0.5) is 0 Å². The highest BCUT2D eigenvalue weighted by atomic mass is 16.2. The van der Waals surface area contributed by atoms with Gasteiger partial charge in [-0.2, -0.15) is 5.26 Å². The fourth-order valence-electron chi connectivity index (χ4n) is 1.51. The van der Waals surface area contributed by atoms with Crippen LogP contribution in [0.3, 0.4) is 0 Å². The Hall–Kier alpha value is -1.08. The molecule has 0 aromatic carbocycles. The van der Waals surface area contributed by atoms with Crippen LogP contribution in [0.5, 0.6) is 0 Å². The lowest BCUT2D eigenvalue weighted by Crippen LogP contribution is -2.45. The zero-order valence-electron chi connectivity index (χ0n) is 8.62. The van der Waals surface area contributed by atoms with Crippen LogP contribution < -0.4 is 5.32 Å². The predicted molar refractivity (Wildman–Crippen MR) is 53.5 cm³/mol. The van der Waals surface area contributed by atoms with Gasteiger partial charge >= 0.3 is 0 Å². The third kappa shape index (κ3) is 3.00. The molecule has 0 aromatic rings. The van der Waals surface area contributed by atoms with E-state index in [0.717, 1.165) is 13.1 Å². The van der Waals surface area contributed by atoms with Crippen molar-refractivity contribution in [3.05, 3.63) is 0 Å². The van der Waals surface area contributed by atoms with Crippen LogP contribution in [0.15, 0.2) is 0 Å². The van der Waals surface area contributed by atoms with Gasteiger partial charge in [-0.05, 0) is 25.9 Å². The van der Waals surface area contributed by atoms with Crippen molar-refractivity contribution in [2.45, 2.75) is 19.8 Å². The molecule has 0 saturated carbocycles. The molecule has 14 heavy (non-hydrogen) atoms. The molecule has 0 aromatic heterocycles. The van der Waals surface area contributed by atoms with E-state index >= 15 is 0 Å². The SMILES string of the molecule is CCN(CCC#N)C(=O)CC1CNC1. The molecule has 1 aliphatic heterocycles. The van der Waals surface area contributed by atoms with E-state index in [2.05, 4.69) is 11.4 Å². The molecular weight excluding hydrogens is 178 g/mol. The largest absolute Gasteiger partial charge is 0.342 e. The van der Waals surface area contributed by atoms with Gasteiger partial charge in [0, 0.05) is 19.5 Å². The second kappa shape index (κ2) is 5.61. The number of carbonyl (C=O) groups excluding carboxylic acids is 1. The number of nitrogens with zero attached hydrogens (tertiary/aromatic N) is 2. The maximum atomic E-state index is 11.7. The monoisotopic (exact) mass is 195 g/mol. The summed E-state index contributed by atoms with van der Waals surface area (Å²) in [5.41, 5.74) is 0. The van der Waals surface area contributed by atoms with Gasteiger partial charge in [-0.15, -0.1) is 0 Å². The van der Waals surface area contributed by atoms with Gasteiger partial charge in [0.1, 0.15) is 0 Å². The second-order valence-electron chi connectivity index (χ2n) is 3.61. The van der Waals surface area contributed by atoms with Crippen LogP contribution in [0.1, 0.15) is 19.8 Å². The molecule has 0 unspecified atom stereocenters. The average molecular weight is 195 g/mol. The first-order valence-corrected chi connectivity index (χ1v) is 5.13. The van der Waals surface area contributed by atoms with Crippen LogP contribution in [0.2, 0.25) is 0 Å². The van der Waals surface area contributed by atoms with Crippen LogP contribution in [-0.2, 0) is 4.79 Å². The van der Waals surface area contributed by atoms with E-state index in [4.69, 9.17) is 5.26 Å². The fourth-order valence-corrected chi connectivity index (χ4v) is 1.51. The van der Waals surface area contributed by atoms with Gasteiger partial charge in [-0.25, -0.2) is 0 Å². The van der Waals surface area contributed by atoms with Gasteiger partial charge in [0.15, 0.2) is 0 Å². The lowest BCUT2D eigenvalue weighted by molar-refractivity contribution is -0.132. The van der Waals surface area contributed by atoms with Crippen molar-refractivity contribution in [2.75, 3.05) is 26.2 Å². The van der Waals surface area contributed by atoms with Crippen LogP contribution >= 0.6 is 0 Å². The number of amides is 1. The highest BCUT2D eigenvalue weighted by Gasteiger charge is 2.22. The topological polar surface area (TPSA) is 56.1 Å². The maximum Gasteiger partial charge on any atom is 0.222 e. The van der Waals surface area contributed by atoms with Crippen molar-refractivity contribution < 1.29 is 4.79 Å². The van der Waals surface area contributed by atoms with Gasteiger partial charge in [-0.3, -0.25) is 4.79 Å². The molecule has 1 heterocycles. The lowest BCUT2D eigenvalue weighted by atomic mass is 9.98. The molecule has 1 saturated heterocycles. The zero-order valence-corrected chi connectivity index (χ0v) is 8.62. The van der Waals surface area contributed by atoms with Crippen molar-refractivity contribution in [2.24, 2.45) is 5.92 Å². The van der Waals surface area contributed by atoms with Crippen molar-refractivity contribution in [3.63, 3.8) is 0 Å². The number of nitriles is 1. The van der Waals surface area contributed by atoms with E-state index < -0.39 is 0 Å². The summed E-state index contributed by atoms with van der Waals surface area (Å²) in [7, 11) is 0. The predicted octanol–water partition coefficient (Wildman–Crippen LogP) is 0.358. The normalized spacial score (nSPS) is 15.7.